The summed E-state index contributed by atoms with van der Waals surface area (Å²) in [5, 5.41) is 14.7. The van der Waals surface area contributed by atoms with Crippen LogP contribution in [0.2, 0.25) is 0 Å². The molecule has 3 aromatic rings. The van der Waals surface area contributed by atoms with E-state index in [0.717, 1.165) is 33.7 Å². The summed E-state index contributed by atoms with van der Waals surface area (Å²) in [5.74, 6) is 1.12. The number of aliphatic imine (C=N–C) groups is 1. The van der Waals surface area contributed by atoms with Crippen LogP contribution in [0.15, 0.2) is 77.8 Å². The van der Waals surface area contributed by atoms with Crippen LogP contribution in [0.3, 0.4) is 0 Å². The third-order valence-corrected chi connectivity index (χ3v) is 10.5. The SMILES string of the molecule is C=C1C[C@H]2C=Nc3cc(OCCCCCOc4cc5c(cc4OC)C(=O)N4CC(=C)C[C@H]4[C@H](O)N5C(=O)OCc4ccc(NC)cc4)c(OC)cc3C(=O)N2C1. The van der Waals surface area contributed by atoms with Crippen molar-refractivity contribution in [3.8, 4) is 23.0 Å². The summed E-state index contributed by atoms with van der Waals surface area (Å²) < 4.78 is 29.2. The number of ether oxygens (including phenoxy) is 5. The van der Waals surface area contributed by atoms with Gasteiger partial charge >= 0.3 is 6.09 Å². The number of anilines is 2. The molecule has 2 fully saturated rings. The molecule has 0 spiro atoms. The number of hydrogen-bond acceptors (Lipinski definition) is 11. The molecular weight excluding hydrogens is 718 g/mol. The minimum absolute atomic E-state index is 0.0392. The van der Waals surface area contributed by atoms with E-state index in [1.165, 1.54) is 19.1 Å². The molecule has 3 amide bonds. The smallest absolute Gasteiger partial charge is 0.416 e. The zero-order valence-corrected chi connectivity index (χ0v) is 31.9. The van der Waals surface area contributed by atoms with Gasteiger partial charge in [0.2, 0.25) is 0 Å². The molecule has 14 nitrogen and oxygen atoms in total. The quantitative estimate of drug-likeness (QED) is 0.154. The Morgan fingerprint density at radius 2 is 1.46 bits per heavy atom. The van der Waals surface area contributed by atoms with Gasteiger partial charge in [-0.1, -0.05) is 36.4 Å². The van der Waals surface area contributed by atoms with Gasteiger partial charge in [0, 0.05) is 44.2 Å². The fourth-order valence-electron chi connectivity index (χ4n) is 7.52. The minimum Gasteiger partial charge on any atom is -0.493 e. The standard InChI is InChI=1S/C42H47N5O9/c1-25-15-29-21-44-32-19-37(35(52-4)17-30(32)39(48)45(29)22-25)54-13-7-6-8-14-55-38-20-33-31(18-36(38)53-5)40(49)46-23-26(2)16-34(46)41(50)47(33)42(51)56-24-27-9-11-28(43-3)12-10-27/h9-12,17-21,29,34,41,43,50H,1-2,6-8,13-16,22-24H2,3-5H3/t29-,34-,41-/m0/s1. The molecule has 4 aliphatic heterocycles. The topological polar surface area (TPSA) is 152 Å². The Morgan fingerprint density at radius 3 is 2.14 bits per heavy atom. The summed E-state index contributed by atoms with van der Waals surface area (Å²) in [7, 11) is 4.83. The van der Waals surface area contributed by atoms with E-state index in [9.17, 15) is 19.5 Å². The van der Waals surface area contributed by atoms with Crippen molar-refractivity contribution in [1.82, 2.24) is 9.80 Å². The van der Waals surface area contributed by atoms with E-state index < -0.39 is 18.4 Å². The van der Waals surface area contributed by atoms with Crippen molar-refractivity contribution in [2.45, 2.75) is 57.0 Å². The Kier molecular flexibility index (Phi) is 11.2. The van der Waals surface area contributed by atoms with E-state index in [1.807, 2.05) is 31.3 Å². The van der Waals surface area contributed by atoms with Gasteiger partial charge in [-0.2, -0.15) is 0 Å². The van der Waals surface area contributed by atoms with Crippen LogP contribution in [0, 0.1) is 0 Å². The molecule has 3 atom stereocenters. The first-order chi connectivity index (χ1) is 27.1. The lowest BCUT2D eigenvalue weighted by Crippen LogP contribution is -2.50. The van der Waals surface area contributed by atoms with Gasteiger partial charge in [-0.3, -0.25) is 14.6 Å². The molecule has 0 radical (unpaired) electrons. The Hall–Kier alpha value is -6.02. The van der Waals surface area contributed by atoms with E-state index in [-0.39, 0.29) is 42.3 Å². The van der Waals surface area contributed by atoms with Gasteiger partial charge < -0.3 is 43.9 Å². The number of carbonyl (C=O) groups excluding carboxylic acids is 3. The van der Waals surface area contributed by atoms with Gasteiger partial charge in [-0.25, -0.2) is 9.69 Å². The number of carbonyl (C=O) groups is 3. The normalized spacial score (nSPS) is 19.8. The van der Waals surface area contributed by atoms with Gasteiger partial charge in [0.1, 0.15) is 6.61 Å². The summed E-state index contributed by atoms with van der Waals surface area (Å²) in [6.45, 7) is 9.50. The van der Waals surface area contributed by atoms with Crippen LogP contribution in [0.4, 0.5) is 21.9 Å². The zero-order valence-electron chi connectivity index (χ0n) is 31.9. The Bertz CT molecular complexity index is 2070. The predicted molar refractivity (Wildman–Crippen MR) is 211 cm³/mol. The summed E-state index contributed by atoms with van der Waals surface area (Å²) in [4.78, 5) is 50.0. The summed E-state index contributed by atoms with van der Waals surface area (Å²) in [5.41, 5.74) is 4.79. The van der Waals surface area contributed by atoms with Crippen LogP contribution < -0.4 is 29.2 Å². The average Bonchev–Trinajstić information content (AvgIpc) is 3.74. The highest BCUT2D eigenvalue weighted by Gasteiger charge is 2.46. The number of aliphatic hydroxyl groups is 1. The van der Waals surface area contributed by atoms with E-state index in [1.54, 1.807) is 35.4 Å². The number of unbranched alkanes of at least 4 members (excludes halogenated alkanes) is 2. The highest BCUT2D eigenvalue weighted by atomic mass is 16.6. The number of methoxy groups -OCH3 is 2. The van der Waals surface area contributed by atoms with Crippen LogP contribution in [0.5, 0.6) is 23.0 Å². The van der Waals surface area contributed by atoms with Crippen molar-refractivity contribution in [3.05, 3.63) is 89.5 Å². The van der Waals surface area contributed by atoms with E-state index in [2.05, 4.69) is 23.5 Å². The average molecular weight is 766 g/mol. The van der Waals surface area contributed by atoms with Gasteiger partial charge in [0.25, 0.3) is 11.8 Å². The second kappa shape index (κ2) is 16.4. The van der Waals surface area contributed by atoms with Crippen molar-refractivity contribution in [2.24, 2.45) is 4.99 Å². The number of rotatable bonds is 13. The maximum atomic E-state index is 13.9. The molecule has 4 aliphatic rings. The largest absolute Gasteiger partial charge is 0.493 e. The molecule has 7 rings (SSSR count). The highest BCUT2D eigenvalue weighted by Crippen LogP contribution is 2.42. The molecule has 0 aliphatic carbocycles. The summed E-state index contributed by atoms with van der Waals surface area (Å²) in [6, 6.07) is 13.1. The second-order valence-corrected chi connectivity index (χ2v) is 14.3. The summed E-state index contributed by atoms with van der Waals surface area (Å²) >= 11 is 0. The molecule has 2 N–H and O–H groups in total. The highest BCUT2D eigenvalue weighted by molar-refractivity contribution is 6.06. The van der Waals surface area contributed by atoms with Gasteiger partial charge in [0.05, 0.1) is 62.0 Å². The molecule has 2 saturated heterocycles. The molecular formula is C42H47N5O9. The third kappa shape index (κ3) is 7.61. The van der Waals surface area contributed by atoms with Crippen molar-refractivity contribution >= 4 is 41.2 Å². The lowest BCUT2D eigenvalue weighted by Gasteiger charge is -2.31. The van der Waals surface area contributed by atoms with E-state index in [0.29, 0.717) is 79.7 Å². The van der Waals surface area contributed by atoms with Gasteiger partial charge in [-0.15, -0.1) is 0 Å². The number of hydrogen-bond donors (Lipinski definition) is 2. The molecule has 14 heteroatoms. The first kappa shape index (κ1) is 38.3. The number of amides is 3. The number of nitrogens with one attached hydrogen (secondary N) is 1. The number of benzene rings is 3. The van der Waals surface area contributed by atoms with Crippen LogP contribution >= 0.6 is 0 Å². The summed E-state index contributed by atoms with van der Waals surface area (Å²) in [6.07, 6.45) is 2.74. The van der Waals surface area contributed by atoms with Crippen molar-refractivity contribution in [1.29, 1.82) is 0 Å². The van der Waals surface area contributed by atoms with Crippen molar-refractivity contribution < 1.29 is 43.2 Å². The van der Waals surface area contributed by atoms with Gasteiger partial charge in [0.15, 0.2) is 29.2 Å². The monoisotopic (exact) mass is 765 g/mol. The lowest BCUT2D eigenvalue weighted by molar-refractivity contribution is 0.0485. The first-order valence-electron chi connectivity index (χ1n) is 18.7. The molecule has 0 unspecified atom stereocenters. The number of aliphatic hydroxyl groups excluding tert-OH is 1. The van der Waals surface area contributed by atoms with Crippen LogP contribution in [-0.4, -0.2) is 105 Å². The maximum Gasteiger partial charge on any atom is 0.416 e. The van der Waals surface area contributed by atoms with E-state index in [4.69, 9.17) is 23.7 Å². The molecule has 0 saturated carbocycles. The second-order valence-electron chi connectivity index (χ2n) is 14.3. The third-order valence-electron chi connectivity index (χ3n) is 10.5. The molecule has 0 bridgehead atoms. The van der Waals surface area contributed by atoms with Gasteiger partial charge in [-0.05, 0) is 61.9 Å². The Labute approximate surface area is 325 Å². The first-order valence-corrected chi connectivity index (χ1v) is 18.7. The van der Waals surface area contributed by atoms with Crippen LogP contribution in [0.1, 0.15) is 58.4 Å². The van der Waals surface area contributed by atoms with Crippen molar-refractivity contribution in [3.63, 3.8) is 0 Å². The molecule has 3 aromatic carbocycles. The maximum absolute atomic E-state index is 13.9. The molecule has 294 valence electrons. The lowest BCUT2D eigenvalue weighted by atomic mass is 10.1. The molecule has 4 heterocycles. The van der Waals surface area contributed by atoms with Crippen LogP contribution in [0.25, 0.3) is 0 Å². The van der Waals surface area contributed by atoms with E-state index >= 15 is 0 Å². The van der Waals surface area contributed by atoms with Crippen LogP contribution in [-0.2, 0) is 11.3 Å². The molecule has 56 heavy (non-hydrogen) atoms. The zero-order chi connectivity index (χ0) is 39.5. The fourth-order valence-corrected chi connectivity index (χ4v) is 7.52. The fraction of sp³-hybridized carbons (Fsp3) is 0.381. The Balaban J connectivity index is 1.00. The molecule has 0 aromatic heterocycles. The predicted octanol–water partition coefficient (Wildman–Crippen LogP) is 6.11. The Morgan fingerprint density at radius 1 is 0.839 bits per heavy atom. The number of nitrogens with zero attached hydrogens (tertiary/aromatic N) is 4. The minimum atomic E-state index is -1.40. The number of fused-ring (bicyclic) bond motifs is 4. The van der Waals surface area contributed by atoms with Crippen molar-refractivity contribution in [2.75, 3.05) is 57.8 Å².